The summed E-state index contributed by atoms with van der Waals surface area (Å²) in [7, 11) is 0. The maximum absolute atomic E-state index is 4.41. The third-order valence-corrected chi connectivity index (χ3v) is 2.52. The SMILES string of the molecule is CCNC(c1ccccc1)c1ccccn1. The molecule has 2 rings (SSSR count). The van der Waals surface area contributed by atoms with Crippen molar-refractivity contribution in [3.63, 3.8) is 0 Å². The maximum atomic E-state index is 4.41. The molecule has 0 aliphatic carbocycles. The van der Waals surface area contributed by atoms with E-state index in [0.717, 1.165) is 12.2 Å². The Kier molecular flexibility index (Phi) is 3.67. The first-order chi connectivity index (χ1) is 7.92. The van der Waals surface area contributed by atoms with Gasteiger partial charge in [0.1, 0.15) is 0 Å². The highest BCUT2D eigenvalue weighted by Gasteiger charge is 2.12. The van der Waals surface area contributed by atoms with Gasteiger partial charge in [0.05, 0.1) is 11.7 Å². The van der Waals surface area contributed by atoms with Crippen LogP contribution in [0.4, 0.5) is 0 Å². The summed E-state index contributed by atoms with van der Waals surface area (Å²) < 4.78 is 0. The van der Waals surface area contributed by atoms with E-state index in [-0.39, 0.29) is 6.04 Å². The Bertz CT molecular complexity index is 372. The molecule has 1 unspecified atom stereocenters. The van der Waals surface area contributed by atoms with Crippen LogP contribution in [-0.4, -0.2) is 11.5 Å². The fourth-order valence-corrected chi connectivity index (χ4v) is 1.79. The minimum absolute atomic E-state index is 0.187. The summed E-state index contributed by atoms with van der Waals surface area (Å²) in [6.45, 7) is 3.04. The van der Waals surface area contributed by atoms with Gasteiger partial charge in [-0.1, -0.05) is 43.3 Å². The molecule has 0 saturated heterocycles. The highest BCUT2D eigenvalue weighted by atomic mass is 14.9. The first-order valence-corrected chi connectivity index (χ1v) is 5.61. The van der Waals surface area contributed by atoms with Crippen molar-refractivity contribution in [2.45, 2.75) is 13.0 Å². The zero-order chi connectivity index (χ0) is 11.2. The first kappa shape index (κ1) is 10.8. The van der Waals surface area contributed by atoms with E-state index in [1.165, 1.54) is 5.56 Å². The van der Waals surface area contributed by atoms with E-state index in [1.54, 1.807) is 0 Å². The molecule has 0 radical (unpaired) electrons. The molecule has 0 aliphatic heterocycles. The Hall–Kier alpha value is -1.67. The topological polar surface area (TPSA) is 24.9 Å². The lowest BCUT2D eigenvalue weighted by atomic mass is 10.0. The molecule has 0 saturated carbocycles. The highest BCUT2D eigenvalue weighted by molar-refractivity contribution is 5.27. The van der Waals surface area contributed by atoms with Crippen LogP contribution in [0.5, 0.6) is 0 Å². The summed E-state index contributed by atoms with van der Waals surface area (Å²) >= 11 is 0. The Morgan fingerprint density at radius 2 is 1.81 bits per heavy atom. The van der Waals surface area contributed by atoms with Gasteiger partial charge >= 0.3 is 0 Å². The van der Waals surface area contributed by atoms with Crippen LogP contribution in [0.3, 0.4) is 0 Å². The highest BCUT2D eigenvalue weighted by Crippen LogP contribution is 2.19. The van der Waals surface area contributed by atoms with Gasteiger partial charge in [-0.3, -0.25) is 4.98 Å². The van der Waals surface area contributed by atoms with E-state index in [2.05, 4.69) is 47.6 Å². The zero-order valence-electron chi connectivity index (χ0n) is 9.43. The quantitative estimate of drug-likeness (QED) is 0.843. The maximum Gasteiger partial charge on any atom is 0.0751 e. The molecule has 2 aromatic rings. The summed E-state index contributed by atoms with van der Waals surface area (Å²) in [4.78, 5) is 4.41. The van der Waals surface area contributed by atoms with Gasteiger partial charge in [-0.05, 0) is 24.2 Å². The number of pyridine rings is 1. The summed E-state index contributed by atoms with van der Waals surface area (Å²) in [6.07, 6.45) is 1.84. The molecule has 2 nitrogen and oxygen atoms in total. The van der Waals surface area contributed by atoms with Crippen molar-refractivity contribution in [1.82, 2.24) is 10.3 Å². The molecule has 0 aliphatic rings. The molecule has 1 aromatic heterocycles. The third kappa shape index (κ3) is 2.47. The number of nitrogens with one attached hydrogen (secondary N) is 1. The van der Waals surface area contributed by atoms with Gasteiger partial charge in [-0.2, -0.15) is 0 Å². The lowest BCUT2D eigenvalue weighted by molar-refractivity contribution is 0.615. The van der Waals surface area contributed by atoms with Crippen LogP contribution in [0.15, 0.2) is 54.7 Å². The second-order valence-electron chi connectivity index (χ2n) is 3.66. The zero-order valence-corrected chi connectivity index (χ0v) is 9.43. The van der Waals surface area contributed by atoms with Crippen molar-refractivity contribution in [2.24, 2.45) is 0 Å². The van der Waals surface area contributed by atoms with E-state index in [9.17, 15) is 0 Å². The number of hydrogen-bond acceptors (Lipinski definition) is 2. The Morgan fingerprint density at radius 1 is 1.06 bits per heavy atom. The van der Waals surface area contributed by atoms with Crippen LogP contribution in [0.1, 0.15) is 24.2 Å². The minimum atomic E-state index is 0.187. The van der Waals surface area contributed by atoms with E-state index < -0.39 is 0 Å². The normalized spacial score (nSPS) is 12.3. The van der Waals surface area contributed by atoms with Crippen LogP contribution in [0.2, 0.25) is 0 Å². The second kappa shape index (κ2) is 5.42. The molecular formula is C14H16N2. The van der Waals surface area contributed by atoms with Crippen LogP contribution in [0.25, 0.3) is 0 Å². The second-order valence-corrected chi connectivity index (χ2v) is 3.66. The van der Waals surface area contributed by atoms with E-state index in [4.69, 9.17) is 0 Å². The third-order valence-electron chi connectivity index (χ3n) is 2.52. The van der Waals surface area contributed by atoms with Crippen molar-refractivity contribution in [3.05, 3.63) is 66.0 Å². The van der Waals surface area contributed by atoms with Crippen molar-refractivity contribution >= 4 is 0 Å². The first-order valence-electron chi connectivity index (χ1n) is 5.61. The molecule has 1 aromatic carbocycles. The van der Waals surface area contributed by atoms with Crippen molar-refractivity contribution in [3.8, 4) is 0 Å². The van der Waals surface area contributed by atoms with Crippen molar-refractivity contribution in [2.75, 3.05) is 6.54 Å². The fourth-order valence-electron chi connectivity index (χ4n) is 1.79. The van der Waals surface area contributed by atoms with E-state index in [1.807, 2.05) is 24.4 Å². The molecule has 1 N–H and O–H groups in total. The lowest BCUT2D eigenvalue weighted by Gasteiger charge is -2.17. The van der Waals surface area contributed by atoms with Crippen LogP contribution >= 0.6 is 0 Å². The molecule has 0 amide bonds. The average molecular weight is 212 g/mol. The molecular weight excluding hydrogens is 196 g/mol. The Labute approximate surface area is 96.4 Å². The molecule has 16 heavy (non-hydrogen) atoms. The minimum Gasteiger partial charge on any atom is -0.305 e. The largest absolute Gasteiger partial charge is 0.305 e. The van der Waals surface area contributed by atoms with Crippen LogP contribution in [-0.2, 0) is 0 Å². The average Bonchev–Trinajstić information content (AvgIpc) is 2.38. The summed E-state index contributed by atoms with van der Waals surface area (Å²) in [5.41, 5.74) is 2.32. The molecule has 1 atom stereocenters. The number of aromatic nitrogens is 1. The van der Waals surface area contributed by atoms with Gasteiger partial charge in [0, 0.05) is 6.20 Å². The molecule has 2 heteroatoms. The lowest BCUT2D eigenvalue weighted by Crippen LogP contribution is -2.22. The van der Waals surface area contributed by atoms with E-state index in [0.29, 0.717) is 0 Å². The number of hydrogen-bond donors (Lipinski definition) is 1. The van der Waals surface area contributed by atoms with Gasteiger partial charge < -0.3 is 5.32 Å². The summed E-state index contributed by atoms with van der Waals surface area (Å²) in [6, 6.07) is 16.6. The smallest absolute Gasteiger partial charge is 0.0751 e. The van der Waals surface area contributed by atoms with Gasteiger partial charge in [-0.15, -0.1) is 0 Å². The standard InChI is InChI=1S/C14H16N2/c1-2-15-14(12-8-4-3-5-9-12)13-10-6-7-11-16-13/h3-11,14-15H,2H2,1H3. The predicted octanol–water partition coefficient (Wildman–Crippen LogP) is 2.78. The molecule has 1 heterocycles. The van der Waals surface area contributed by atoms with Crippen LogP contribution < -0.4 is 5.32 Å². The Morgan fingerprint density at radius 3 is 2.44 bits per heavy atom. The number of nitrogens with zero attached hydrogens (tertiary/aromatic N) is 1. The van der Waals surface area contributed by atoms with Crippen LogP contribution in [0, 0.1) is 0 Å². The molecule has 0 fully saturated rings. The van der Waals surface area contributed by atoms with Gasteiger partial charge in [0.15, 0.2) is 0 Å². The van der Waals surface area contributed by atoms with Crippen molar-refractivity contribution in [1.29, 1.82) is 0 Å². The van der Waals surface area contributed by atoms with Gasteiger partial charge in [-0.25, -0.2) is 0 Å². The van der Waals surface area contributed by atoms with Gasteiger partial charge in [0.25, 0.3) is 0 Å². The monoisotopic (exact) mass is 212 g/mol. The molecule has 0 bridgehead atoms. The Balaban J connectivity index is 2.31. The number of benzene rings is 1. The van der Waals surface area contributed by atoms with Crippen molar-refractivity contribution < 1.29 is 0 Å². The number of rotatable bonds is 4. The summed E-state index contributed by atoms with van der Waals surface area (Å²) in [5.74, 6) is 0. The predicted molar refractivity (Wildman–Crippen MR) is 66.2 cm³/mol. The van der Waals surface area contributed by atoms with Gasteiger partial charge in [0.2, 0.25) is 0 Å². The molecule has 82 valence electrons. The summed E-state index contributed by atoms with van der Waals surface area (Å²) in [5, 5.41) is 3.45. The van der Waals surface area contributed by atoms with E-state index >= 15 is 0 Å². The molecule has 0 spiro atoms. The fraction of sp³-hybridized carbons (Fsp3) is 0.214.